The fourth-order valence-electron chi connectivity index (χ4n) is 1.15. The Balaban J connectivity index is -0.000000280. The van der Waals surface area contributed by atoms with Gasteiger partial charge in [-0.05, 0) is 35.3 Å². The summed E-state index contributed by atoms with van der Waals surface area (Å²) >= 11 is 2.65. The molecule has 0 aromatic carbocycles. The van der Waals surface area contributed by atoms with Crippen LogP contribution in [0.3, 0.4) is 0 Å². The van der Waals surface area contributed by atoms with Gasteiger partial charge in [-0.15, -0.1) is 0 Å². The van der Waals surface area contributed by atoms with Gasteiger partial charge in [-0.3, -0.25) is 4.55 Å². The van der Waals surface area contributed by atoms with Crippen LogP contribution in [0.4, 0.5) is 0 Å². The molecule has 0 aromatic heterocycles. The number of rotatable bonds is 2. The van der Waals surface area contributed by atoms with Gasteiger partial charge in [0, 0.05) is 26.2 Å². The van der Waals surface area contributed by atoms with Gasteiger partial charge in [0.05, 0.1) is 0 Å². The summed E-state index contributed by atoms with van der Waals surface area (Å²) in [6.07, 6.45) is 4.07. The molecular formula is C11H26O3S2Zr. The summed E-state index contributed by atoms with van der Waals surface area (Å²) in [6, 6.07) is 0. The Kier molecular flexibility index (Phi) is 12.5. The molecule has 0 saturated heterocycles. The molecule has 3 nitrogen and oxygen atoms in total. The summed E-state index contributed by atoms with van der Waals surface area (Å²) in [5.74, 6) is 0. The van der Waals surface area contributed by atoms with Crippen LogP contribution in [0.1, 0.15) is 60.8 Å². The molecule has 104 valence electrons. The first-order valence-corrected chi connectivity index (χ1v) is 7.90. The van der Waals surface area contributed by atoms with E-state index in [1.165, 1.54) is 19.3 Å². The maximum absolute atomic E-state index is 9.05. The fourth-order valence-corrected chi connectivity index (χ4v) is 1.15. The van der Waals surface area contributed by atoms with Gasteiger partial charge >= 0.3 is 9.15 Å². The Morgan fingerprint density at radius 1 is 0.941 bits per heavy atom. The fraction of sp³-hybridized carbons (Fsp3) is 1.00. The minimum atomic E-state index is -3.97. The maximum atomic E-state index is 9.05. The molecule has 0 unspecified atom stereocenters. The van der Waals surface area contributed by atoms with E-state index in [1.54, 1.807) is 0 Å². The Morgan fingerprint density at radius 2 is 1.12 bits per heavy atom. The third kappa shape index (κ3) is 47.0. The zero-order valence-corrected chi connectivity index (χ0v) is 15.9. The standard InChI is InChI=1S/C11H24.H2O3S2.Zr/c1-10(2,3)8-7-9-11(4,5)6;1-5(2,3)4;/h7-9H2,1-6H3;(H2,1,2,3,4);. The van der Waals surface area contributed by atoms with Crippen LogP contribution in [-0.4, -0.2) is 13.0 Å². The van der Waals surface area contributed by atoms with Gasteiger partial charge in [0.25, 0.3) is 0 Å². The van der Waals surface area contributed by atoms with Gasteiger partial charge in [-0.1, -0.05) is 48.0 Å². The van der Waals surface area contributed by atoms with Gasteiger partial charge in [0.2, 0.25) is 0 Å². The third-order valence-electron chi connectivity index (χ3n) is 1.85. The Hall–Kier alpha value is 1.14. The molecule has 0 bridgehead atoms. The van der Waals surface area contributed by atoms with E-state index >= 15 is 0 Å². The van der Waals surface area contributed by atoms with Crippen molar-refractivity contribution in [3.8, 4) is 0 Å². The summed E-state index contributed by atoms with van der Waals surface area (Å²) in [6.45, 7) is 13.9. The molecule has 1 N–H and O–H groups in total. The van der Waals surface area contributed by atoms with Crippen LogP contribution in [0.15, 0.2) is 0 Å². The van der Waals surface area contributed by atoms with Crippen molar-refractivity contribution in [3.05, 3.63) is 0 Å². The molecule has 0 spiro atoms. The van der Waals surface area contributed by atoms with Crippen molar-refractivity contribution in [2.45, 2.75) is 60.8 Å². The van der Waals surface area contributed by atoms with Gasteiger partial charge in [-0.25, -0.2) is 0 Å². The van der Waals surface area contributed by atoms with Crippen molar-refractivity contribution < 1.29 is 39.2 Å². The second kappa shape index (κ2) is 9.11. The molecular weight excluding hydrogens is 335 g/mol. The van der Waals surface area contributed by atoms with E-state index in [0.717, 1.165) is 0 Å². The van der Waals surface area contributed by atoms with Crippen LogP contribution >= 0.6 is 11.7 Å². The largest absolute Gasteiger partial charge is 0.316 e. The maximum Gasteiger partial charge on any atom is 0.316 e. The molecule has 17 heavy (non-hydrogen) atoms. The average Bonchev–Trinajstić information content (AvgIpc) is 1.74. The minimum Gasteiger partial charge on any atom is -0.277 e. The first kappa shape index (κ1) is 23.3. The third-order valence-corrected chi connectivity index (χ3v) is 1.85. The molecule has 6 heteroatoms. The molecule has 0 aromatic rings. The first-order chi connectivity index (χ1) is 6.71. The molecule has 0 aliphatic carbocycles. The number of hydrogen-bond donors (Lipinski definition) is 2. The summed E-state index contributed by atoms with van der Waals surface area (Å²) in [7, 11) is -3.97. The van der Waals surface area contributed by atoms with Crippen LogP contribution in [-0.2, 0) is 35.4 Å². The SMILES string of the molecule is CC(C)(C)CCCC(C)(C)C.O=S(=O)(O)S.[Zr]. The van der Waals surface area contributed by atoms with E-state index in [4.69, 9.17) is 13.0 Å². The van der Waals surface area contributed by atoms with Crippen molar-refractivity contribution in [3.63, 3.8) is 0 Å². The van der Waals surface area contributed by atoms with Gasteiger partial charge in [0.15, 0.2) is 0 Å². The summed E-state index contributed by atoms with van der Waals surface area (Å²) in [5, 5.41) is 0. The second-order valence-corrected chi connectivity index (χ2v) is 8.70. The van der Waals surface area contributed by atoms with Crippen molar-refractivity contribution in [2.75, 3.05) is 0 Å². The second-order valence-electron chi connectivity index (χ2n) is 6.42. The molecule has 0 fully saturated rings. The van der Waals surface area contributed by atoms with Crippen LogP contribution in [0, 0.1) is 10.8 Å². The van der Waals surface area contributed by atoms with Gasteiger partial charge in [-0.2, -0.15) is 8.42 Å². The molecule has 0 rings (SSSR count). The van der Waals surface area contributed by atoms with E-state index in [0.29, 0.717) is 10.8 Å². The van der Waals surface area contributed by atoms with E-state index in [2.05, 4.69) is 53.2 Å². The summed E-state index contributed by atoms with van der Waals surface area (Å²) in [4.78, 5) is 0. The van der Waals surface area contributed by atoms with Crippen molar-refractivity contribution in [1.82, 2.24) is 0 Å². The topological polar surface area (TPSA) is 54.4 Å². The predicted molar refractivity (Wildman–Crippen MR) is 73.3 cm³/mol. The minimum absolute atomic E-state index is 0. The van der Waals surface area contributed by atoms with Crippen molar-refractivity contribution in [2.24, 2.45) is 10.8 Å². The van der Waals surface area contributed by atoms with E-state index in [9.17, 15) is 0 Å². The molecule has 0 radical (unpaired) electrons. The quantitative estimate of drug-likeness (QED) is 0.444. The number of thiol groups is 1. The van der Waals surface area contributed by atoms with Crippen LogP contribution in [0.2, 0.25) is 0 Å². The zero-order valence-electron chi connectivity index (χ0n) is 11.7. The van der Waals surface area contributed by atoms with Crippen LogP contribution in [0.25, 0.3) is 0 Å². The molecule has 0 aliphatic rings. The molecule has 0 aliphatic heterocycles. The van der Waals surface area contributed by atoms with E-state index in [1.807, 2.05) is 0 Å². The predicted octanol–water partition coefficient (Wildman–Crippen LogP) is 3.97. The van der Waals surface area contributed by atoms with Crippen LogP contribution < -0.4 is 0 Å². The molecule has 0 saturated carbocycles. The first-order valence-electron chi connectivity index (χ1n) is 5.41. The van der Waals surface area contributed by atoms with E-state index < -0.39 is 9.15 Å². The number of hydrogen-bond acceptors (Lipinski definition) is 2. The smallest absolute Gasteiger partial charge is 0.277 e. The molecule has 0 amide bonds. The Bertz CT molecular complexity index is 252. The van der Waals surface area contributed by atoms with Gasteiger partial charge < -0.3 is 0 Å². The zero-order chi connectivity index (χ0) is 13.6. The summed E-state index contributed by atoms with van der Waals surface area (Å²) < 4.78 is 25.5. The average molecular weight is 362 g/mol. The molecule has 0 heterocycles. The van der Waals surface area contributed by atoms with E-state index in [-0.39, 0.29) is 26.2 Å². The molecule has 0 atom stereocenters. The van der Waals surface area contributed by atoms with Crippen molar-refractivity contribution in [1.29, 1.82) is 0 Å². The Morgan fingerprint density at radius 3 is 1.24 bits per heavy atom. The van der Waals surface area contributed by atoms with Crippen molar-refractivity contribution >= 4 is 20.8 Å². The Labute approximate surface area is 131 Å². The summed E-state index contributed by atoms with van der Waals surface area (Å²) in [5.41, 5.74) is 1.04. The monoisotopic (exact) mass is 360 g/mol. The van der Waals surface area contributed by atoms with Crippen LogP contribution in [0.5, 0.6) is 0 Å². The van der Waals surface area contributed by atoms with Gasteiger partial charge in [0.1, 0.15) is 0 Å². The normalized spacial score (nSPS) is 12.2.